The predicted octanol–water partition coefficient (Wildman–Crippen LogP) is 2.83. The van der Waals surface area contributed by atoms with Crippen LogP contribution in [0.15, 0.2) is 22.7 Å². The van der Waals surface area contributed by atoms with Crippen LogP contribution in [-0.4, -0.2) is 17.7 Å². The summed E-state index contributed by atoms with van der Waals surface area (Å²) in [6, 6.07) is 4.42. The van der Waals surface area contributed by atoms with Gasteiger partial charge in [0.2, 0.25) is 0 Å². The first-order valence-corrected chi connectivity index (χ1v) is 5.18. The Morgan fingerprint density at radius 2 is 2.27 bits per heavy atom. The Hall–Kier alpha value is -1.10. The molecule has 82 valence electrons. The summed E-state index contributed by atoms with van der Waals surface area (Å²) in [5.41, 5.74) is 0. The van der Waals surface area contributed by atoms with Crippen molar-refractivity contribution < 1.29 is 19.0 Å². The lowest BCUT2D eigenvalue weighted by Gasteiger charge is -2.05. The summed E-state index contributed by atoms with van der Waals surface area (Å²) in [5, 5.41) is 8.37. The van der Waals surface area contributed by atoms with Gasteiger partial charge in [0.1, 0.15) is 11.6 Å². The van der Waals surface area contributed by atoms with Gasteiger partial charge in [0, 0.05) is 12.5 Å². The van der Waals surface area contributed by atoms with Gasteiger partial charge in [-0.3, -0.25) is 4.79 Å². The maximum absolute atomic E-state index is 13.0. The Labute approximate surface area is 95.0 Å². The van der Waals surface area contributed by atoms with Crippen molar-refractivity contribution in [2.45, 2.75) is 12.8 Å². The van der Waals surface area contributed by atoms with Crippen molar-refractivity contribution in [3.8, 4) is 5.75 Å². The zero-order valence-corrected chi connectivity index (χ0v) is 9.46. The van der Waals surface area contributed by atoms with Crippen molar-refractivity contribution in [2.75, 3.05) is 6.61 Å². The third-order valence-electron chi connectivity index (χ3n) is 1.69. The molecular formula is C10H10BrFO3. The van der Waals surface area contributed by atoms with Crippen LogP contribution in [-0.2, 0) is 4.79 Å². The maximum atomic E-state index is 13.0. The molecule has 1 rings (SSSR count). The summed E-state index contributed by atoms with van der Waals surface area (Å²) in [7, 11) is 0. The minimum absolute atomic E-state index is 0.0546. The van der Waals surface area contributed by atoms with E-state index in [1.807, 2.05) is 0 Å². The van der Waals surface area contributed by atoms with E-state index in [9.17, 15) is 9.18 Å². The van der Waals surface area contributed by atoms with Crippen molar-refractivity contribution in [3.63, 3.8) is 0 Å². The van der Waals surface area contributed by atoms with Crippen LogP contribution in [0.2, 0.25) is 0 Å². The third kappa shape index (κ3) is 4.29. The number of benzene rings is 1. The molecule has 15 heavy (non-hydrogen) atoms. The van der Waals surface area contributed by atoms with Crippen LogP contribution in [0, 0.1) is 5.82 Å². The van der Waals surface area contributed by atoms with Crippen molar-refractivity contribution in [1.82, 2.24) is 0 Å². The molecule has 0 radical (unpaired) electrons. The summed E-state index contributed by atoms with van der Waals surface area (Å²) in [4.78, 5) is 10.2. The van der Waals surface area contributed by atoms with E-state index in [4.69, 9.17) is 9.84 Å². The number of ether oxygens (including phenoxy) is 1. The normalized spacial score (nSPS) is 10.0. The van der Waals surface area contributed by atoms with E-state index in [-0.39, 0.29) is 13.0 Å². The maximum Gasteiger partial charge on any atom is 0.303 e. The lowest BCUT2D eigenvalue weighted by atomic mass is 10.3. The van der Waals surface area contributed by atoms with Gasteiger partial charge in [-0.25, -0.2) is 4.39 Å². The van der Waals surface area contributed by atoms with Gasteiger partial charge < -0.3 is 9.84 Å². The molecule has 3 nitrogen and oxygen atoms in total. The molecule has 0 spiro atoms. The molecule has 0 heterocycles. The highest BCUT2D eigenvalue weighted by Gasteiger charge is 2.02. The Balaban J connectivity index is 2.38. The summed E-state index contributed by atoms with van der Waals surface area (Å²) in [5.74, 6) is -0.854. The second-order valence-electron chi connectivity index (χ2n) is 2.92. The summed E-state index contributed by atoms with van der Waals surface area (Å²) in [6.07, 6.45) is 0.464. The van der Waals surface area contributed by atoms with Crippen LogP contribution in [0.5, 0.6) is 5.75 Å². The predicted molar refractivity (Wildman–Crippen MR) is 56.5 cm³/mol. The van der Waals surface area contributed by atoms with Crippen LogP contribution in [0.25, 0.3) is 0 Å². The Morgan fingerprint density at radius 1 is 1.53 bits per heavy atom. The smallest absolute Gasteiger partial charge is 0.303 e. The number of hydrogen-bond acceptors (Lipinski definition) is 2. The molecule has 0 aromatic heterocycles. The van der Waals surface area contributed by atoms with Crippen molar-refractivity contribution >= 4 is 21.9 Å². The molecule has 0 atom stereocenters. The van der Waals surface area contributed by atoms with Gasteiger partial charge in [-0.15, -0.1) is 0 Å². The fourth-order valence-corrected chi connectivity index (χ4v) is 1.23. The molecule has 1 aromatic carbocycles. The zero-order valence-electron chi connectivity index (χ0n) is 7.87. The first-order valence-electron chi connectivity index (χ1n) is 4.39. The molecule has 1 N–H and O–H groups in total. The molecular weight excluding hydrogens is 267 g/mol. The third-order valence-corrected chi connectivity index (χ3v) is 2.34. The van der Waals surface area contributed by atoms with Crippen LogP contribution in [0.4, 0.5) is 4.39 Å². The highest BCUT2D eigenvalue weighted by molar-refractivity contribution is 9.10. The Morgan fingerprint density at radius 3 is 2.87 bits per heavy atom. The molecule has 0 aliphatic heterocycles. The highest BCUT2D eigenvalue weighted by atomic mass is 79.9. The van der Waals surface area contributed by atoms with Gasteiger partial charge in [-0.2, -0.15) is 0 Å². The standard InChI is InChI=1S/C10H10BrFO3/c11-8-4-3-7(6-9(8)12)15-5-1-2-10(13)14/h3-4,6H,1-2,5H2,(H,13,14). The average molecular weight is 277 g/mol. The molecule has 0 saturated heterocycles. The van der Waals surface area contributed by atoms with E-state index in [0.717, 1.165) is 0 Å². The first kappa shape index (κ1) is 12.0. The van der Waals surface area contributed by atoms with Crippen LogP contribution < -0.4 is 4.74 Å². The Bertz CT molecular complexity index is 355. The summed E-state index contributed by atoms with van der Waals surface area (Å²) in [6.45, 7) is 0.271. The molecule has 0 unspecified atom stereocenters. The molecule has 0 fully saturated rings. The van der Waals surface area contributed by atoms with E-state index in [2.05, 4.69) is 15.9 Å². The molecule has 5 heteroatoms. The number of carboxylic acid groups (broad SMARTS) is 1. The van der Waals surface area contributed by atoms with E-state index in [1.165, 1.54) is 6.07 Å². The van der Waals surface area contributed by atoms with E-state index in [1.54, 1.807) is 12.1 Å². The van der Waals surface area contributed by atoms with E-state index < -0.39 is 11.8 Å². The molecule has 0 amide bonds. The molecule has 0 aliphatic rings. The summed E-state index contributed by atoms with van der Waals surface area (Å²) >= 11 is 3.02. The minimum atomic E-state index is -0.861. The number of carbonyl (C=O) groups is 1. The second-order valence-corrected chi connectivity index (χ2v) is 3.78. The molecule has 1 aromatic rings. The van der Waals surface area contributed by atoms with Crippen LogP contribution in [0.1, 0.15) is 12.8 Å². The molecule has 0 aliphatic carbocycles. The van der Waals surface area contributed by atoms with Gasteiger partial charge in [-0.1, -0.05) is 0 Å². The number of halogens is 2. The topological polar surface area (TPSA) is 46.5 Å². The SMILES string of the molecule is O=C(O)CCCOc1ccc(Br)c(F)c1. The van der Waals surface area contributed by atoms with Gasteiger partial charge in [0.05, 0.1) is 11.1 Å². The van der Waals surface area contributed by atoms with Gasteiger partial charge in [-0.05, 0) is 34.5 Å². The second kappa shape index (κ2) is 5.70. The van der Waals surface area contributed by atoms with E-state index >= 15 is 0 Å². The highest BCUT2D eigenvalue weighted by Crippen LogP contribution is 2.20. The number of carboxylic acids is 1. The fourth-order valence-electron chi connectivity index (χ4n) is 0.980. The molecule has 0 saturated carbocycles. The average Bonchev–Trinajstić information content (AvgIpc) is 2.18. The zero-order chi connectivity index (χ0) is 11.3. The van der Waals surface area contributed by atoms with E-state index in [0.29, 0.717) is 16.6 Å². The lowest BCUT2D eigenvalue weighted by Crippen LogP contribution is -2.02. The van der Waals surface area contributed by atoms with Crippen LogP contribution >= 0.6 is 15.9 Å². The fraction of sp³-hybridized carbons (Fsp3) is 0.300. The summed E-state index contributed by atoms with van der Waals surface area (Å²) < 4.78 is 18.5. The first-order chi connectivity index (χ1) is 7.09. The monoisotopic (exact) mass is 276 g/mol. The molecule has 0 bridgehead atoms. The van der Waals surface area contributed by atoms with Crippen molar-refractivity contribution in [3.05, 3.63) is 28.5 Å². The lowest BCUT2D eigenvalue weighted by molar-refractivity contribution is -0.137. The van der Waals surface area contributed by atoms with Gasteiger partial charge in [0.15, 0.2) is 0 Å². The largest absolute Gasteiger partial charge is 0.493 e. The minimum Gasteiger partial charge on any atom is -0.493 e. The number of hydrogen-bond donors (Lipinski definition) is 1. The van der Waals surface area contributed by atoms with Crippen LogP contribution in [0.3, 0.4) is 0 Å². The van der Waals surface area contributed by atoms with Crippen molar-refractivity contribution in [1.29, 1.82) is 0 Å². The quantitative estimate of drug-likeness (QED) is 0.842. The Kier molecular flexibility index (Phi) is 4.55. The van der Waals surface area contributed by atoms with Gasteiger partial charge >= 0.3 is 5.97 Å². The van der Waals surface area contributed by atoms with Gasteiger partial charge in [0.25, 0.3) is 0 Å². The van der Waals surface area contributed by atoms with Crippen molar-refractivity contribution in [2.24, 2.45) is 0 Å². The number of aliphatic carboxylic acids is 1. The number of rotatable bonds is 5.